The van der Waals surface area contributed by atoms with Gasteiger partial charge in [0.15, 0.2) is 0 Å². The number of benzene rings is 2. The number of fused-ring (bicyclic) bond motifs is 1. The van der Waals surface area contributed by atoms with Gasteiger partial charge in [0.05, 0.1) is 29.5 Å². The molecule has 2 aromatic heterocycles. The zero-order valence-corrected chi connectivity index (χ0v) is 15.1. The molecule has 7 heteroatoms. The van der Waals surface area contributed by atoms with Crippen molar-refractivity contribution in [1.29, 1.82) is 0 Å². The molecule has 124 valence electrons. The first-order valence-electron chi connectivity index (χ1n) is 7.45. The summed E-state index contributed by atoms with van der Waals surface area (Å²) in [6.07, 6.45) is 1.54. The minimum Gasteiger partial charge on any atom is -0.293 e. The lowest BCUT2D eigenvalue weighted by molar-refractivity contribution is 0.734. The van der Waals surface area contributed by atoms with Crippen LogP contribution in [0.5, 0.6) is 0 Å². The molecule has 0 N–H and O–H groups in total. The van der Waals surface area contributed by atoms with Crippen LogP contribution in [0.2, 0.25) is 10.0 Å². The topological polar surface area (TPSA) is 47.8 Å². The maximum atomic E-state index is 12.6. The molecular formula is C18H11Cl2N3OS. The van der Waals surface area contributed by atoms with E-state index in [1.807, 2.05) is 29.6 Å². The fourth-order valence-corrected chi connectivity index (χ4v) is 3.64. The van der Waals surface area contributed by atoms with Crippen LogP contribution in [0.25, 0.3) is 21.5 Å². The molecule has 25 heavy (non-hydrogen) atoms. The first-order chi connectivity index (χ1) is 12.1. The average molecular weight is 388 g/mol. The molecule has 0 unspecified atom stereocenters. The summed E-state index contributed by atoms with van der Waals surface area (Å²) in [5.74, 6) is 0. The molecule has 0 fully saturated rings. The molecule has 2 aromatic carbocycles. The molecule has 0 aliphatic carbocycles. The minimum absolute atomic E-state index is 0.131. The highest BCUT2D eigenvalue weighted by molar-refractivity contribution is 7.13. The second kappa shape index (κ2) is 6.59. The number of halogens is 2. The first-order valence-corrected chi connectivity index (χ1v) is 9.09. The van der Waals surface area contributed by atoms with Gasteiger partial charge in [-0.1, -0.05) is 35.3 Å². The second-order valence-electron chi connectivity index (χ2n) is 5.49. The van der Waals surface area contributed by atoms with Crippen molar-refractivity contribution in [1.82, 2.24) is 14.5 Å². The Morgan fingerprint density at radius 3 is 2.60 bits per heavy atom. The van der Waals surface area contributed by atoms with Crippen LogP contribution in [0.3, 0.4) is 0 Å². The summed E-state index contributed by atoms with van der Waals surface area (Å²) in [5, 5.41) is 4.54. The predicted molar refractivity (Wildman–Crippen MR) is 103 cm³/mol. The molecule has 0 bridgehead atoms. The Kier molecular flexibility index (Phi) is 4.29. The molecule has 2 heterocycles. The van der Waals surface area contributed by atoms with Gasteiger partial charge in [-0.15, -0.1) is 11.3 Å². The Hall–Kier alpha value is -2.21. The van der Waals surface area contributed by atoms with E-state index < -0.39 is 0 Å². The number of thiazole rings is 1. The SMILES string of the molecule is O=c1c2cc(Cl)ccc2ncn1Cc1csc(-c2ccc(Cl)cc2)n1. The summed E-state index contributed by atoms with van der Waals surface area (Å²) in [5.41, 5.74) is 2.30. The van der Waals surface area contributed by atoms with E-state index in [1.165, 1.54) is 11.3 Å². The average Bonchev–Trinajstić information content (AvgIpc) is 3.07. The molecule has 4 rings (SSSR count). The van der Waals surface area contributed by atoms with Gasteiger partial charge >= 0.3 is 0 Å². The van der Waals surface area contributed by atoms with Crippen LogP contribution >= 0.6 is 34.5 Å². The summed E-state index contributed by atoms with van der Waals surface area (Å²) < 4.78 is 1.54. The normalized spacial score (nSPS) is 11.1. The lowest BCUT2D eigenvalue weighted by Crippen LogP contribution is -2.21. The van der Waals surface area contributed by atoms with Crippen molar-refractivity contribution in [3.63, 3.8) is 0 Å². The lowest BCUT2D eigenvalue weighted by atomic mass is 10.2. The largest absolute Gasteiger partial charge is 0.293 e. The van der Waals surface area contributed by atoms with Gasteiger partial charge in [-0.25, -0.2) is 9.97 Å². The highest BCUT2D eigenvalue weighted by Gasteiger charge is 2.09. The Labute approximate surface area is 157 Å². The predicted octanol–water partition coefficient (Wildman–Crippen LogP) is 4.88. The van der Waals surface area contributed by atoms with Crippen molar-refractivity contribution in [2.75, 3.05) is 0 Å². The van der Waals surface area contributed by atoms with E-state index in [0.29, 0.717) is 27.5 Å². The van der Waals surface area contributed by atoms with E-state index in [2.05, 4.69) is 9.97 Å². The summed E-state index contributed by atoms with van der Waals surface area (Å²) in [4.78, 5) is 21.5. The van der Waals surface area contributed by atoms with Crippen LogP contribution < -0.4 is 5.56 Å². The van der Waals surface area contributed by atoms with Gasteiger partial charge in [0, 0.05) is 21.0 Å². The van der Waals surface area contributed by atoms with Crippen LogP contribution in [-0.2, 0) is 6.54 Å². The Balaban J connectivity index is 1.67. The number of hydrogen-bond acceptors (Lipinski definition) is 4. The summed E-state index contributed by atoms with van der Waals surface area (Å²) in [6.45, 7) is 0.360. The van der Waals surface area contributed by atoms with E-state index in [1.54, 1.807) is 29.1 Å². The molecule has 0 amide bonds. The van der Waals surface area contributed by atoms with Crippen LogP contribution in [0.1, 0.15) is 5.69 Å². The molecule has 0 saturated heterocycles. The van der Waals surface area contributed by atoms with Gasteiger partial charge in [0.25, 0.3) is 5.56 Å². The lowest BCUT2D eigenvalue weighted by Gasteiger charge is -2.05. The van der Waals surface area contributed by atoms with E-state index in [4.69, 9.17) is 23.2 Å². The summed E-state index contributed by atoms with van der Waals surface area (Å²) in [7, 11) is 0. The Bertz CT molecular complexity index is 1120. The van der Waals surface area contributed by atoms with Crippen LogP contribution in [0.4, 0.5) is 0 Å². The van der Waals surface area contributed by atoms with E-state index >= 15 is 0 Å². The highest BCUT2D eigenvalue weighted by Crippen LogP contribution is 2.25. The van der Waals surface area contributed by atoms with Gasteiger partial charge in [0.2, 0.25) is 0 Å². The minimum atomic E-state index is -0.131. The second-order valence-corrected chi connectivity index (χ2v) is 7.22. The van der Waals surface area contributed by atoms with Crippen molar-refractivity contribution in [3.8, 4) is 10.6 Å². The maximum absolute atomic E-state index is 12.6. The molecule has 4 aromatic rings. The van der Waals surface area contributed by atoms with E-state index in [0.717, 1.165) is 16.3 Å². The summed E-state index contributed by atoms with van der Waals surface area (Å²) >= 11 is 13.4. The molecule has 0 saturated carbocycles. The third-order valence-corrected chi connectivity index (χ3v) is 5.19. The highest BCUT2D eigenvalue weighted by atomic mass is 35.5. The van der Waals surface area contributed by atoms with Crippen molar-refractivity contribution in [2.24, 2.45) is 0 Å². The fourth-order valence-electron chi connectivity index (χ4n) is 2.52. The van der Waals surface area contributed by atoms with Gasteiger partial charge in [-0.05, 0) is 30.3 Å². The van der Waals surface area contributed by atoms with Crippen molar-refractivity contribution < 1.29 is 0 Å². The van der Waals surface area contributed by atoms with Gasteiger partial charge in [-0.2, -0.15) is 0 Å². The van der Waals surface area contributed by atoms with Crippen LogP contribution in [0, 0.1) is 0 Å². The molecule has 0 aliphatic heterocycles. The van der Waals surface area contributed by atoms with Gasteiger partial charge < -0.3 is 0 Å². The molecule has 0 spiro atoms. The van der Waals surface area contributed by atoms with Crippen LogP contribution in [-0.4, -0.2) is 14.5 Å². The quantitative estimate of drug-likeness (QED) is 0.503. The number of nitrogens with zero attached hydrogens (tertiary/aromatic N) is 3. The van der Waals surface area contributed by atoms with Crippen molar-refractivity contribution >= 4 is 45.4 Å². The van der Waals surface area contributed by atoms with Gasteiger partial charge in [-0.3, -0.25) is 9.36 Å². The number of aromatic nitrogens is 3. The van der Waals surface area contributed by atoms with Crippen LogP contribution in [0.15, 0.2) is 59.0 Å². The third-order valence-electron chi connectivity index (χ3n) is 3.76. The third kappa shape index (κ3) is 3.31. The van der Waals surface area contributed by atoms with Gasteiger partial charge in [0.1, 0.15) is 5.01 Å². The Morgan fingerprint density at radius 1 is 1.04 bits per heavy atom. The summed E-state index contributed by atoms with van der Waals surface area (Å²) in [6, 6.07) is 12.6. The molecule has 4 nitrogen and oxygen atoms in total. The smallest absolute Gasteiger partial charge is 0.261 e. The fraction of sp³-hybridized carbons (Fsp3) is 0.0556. The van der Waals surface area contributed by atoms with E-state index in [-0.39, 0.29) is 5.56 Å². The monoisotopic (exact) mass is 387 g/mol. The zero-order valence-electron chi connectivity index (χ0n) is 12.8. The van der Waals surface area contributed by atoms with E-state index in [9.17, 15) is 4.79 Å². The molecule has 0 aliphatic rings. The number of hydrogen-bond donors (Lipinski definition) is 0. The zero-order chi connectivity index (χ0) is 17.4. The standard InChI is InChI=1S/C18H11Cl2N3OS/c19-12-3-1-11(2-4-12)17-22-14(9-25-17)8-23-10-21-16-6-5-13(20)7-15(16)18(23)24/h1-7,9-10H,8H2. The molecular weight excluding hydrogens is 377 g/mol. The Morgan fingerprint density at radius 2 is 1.80 bits per heavy atom. The molecule has 0 atom stereocenters. The van der Waals surface area contributed by atoms with Crippen molar-refractivity contribution in [3.05, 3.63) is 80.3 Å². The van der Waals surface area contributed by atoms with Crippen molar-refractivity contribution in [2.45, 2.75) is 6.54 Å². The number of rotatable bonds is 3. The molecule has 0 radical (unpaired) electrons. The first kappa shape index (κ1) is 16.3. The maximum Gasteiger partial charge on any atom is 0.261 e.